The molecule has 0 aliphatic carbocycles. The number of nitrogens with zero attached hydrogens (tertiary/aromatic N) is 3. The monoisotopic (exact) mass is 284 g/mol. The minimum absolute atomic E-state index is 0.105. The summed E-state index contributed by atoms with van der Waals surface area (Å²) in [5, 5.41) is 3.34. The fourth-order valence-corrected chi connectivity index (χ4v) is 3.25. The van der Waals surface area contributed by atoms with Crippen molar-refractivity contribution in [2.75, 3.05) is 19.6 Å². The Balaban J connectivity index is 1.57. The van der Waals surface area contributed by atoms with Crippen molar-refractivity contribution in [3.8, 4) is 11.3 Å². The van der Waals surface area contributed by atoms with E-state index in [9.17, 15) is 4.79 Å². The maximum atomic E-state index is 12.6. The van der Waals surface area contributed by atoms with Crippen LogP contribution < -0.4 is 5.32 Å². The number of amides is 1. The van der Waals surface area contributed by atoms with Crippen LogP contribution in [0, 0.1) is 5.92 Å². The first-order valence-electron chi connectivity index (χ1n) is 7.21. The molecule has 2 fully saturated rings. The highest BCUT2D eigenvalue weighted by Crippen LogP contribution is 2.29. The first-order chi connectivity index (χ1) is 10.3. The number of carbonyl (C=O) groups is 1. The summed E-state index contributed by atoms with van der Waals surface area (Å²) in [6.45, 7) is 2.67. The molecule has 4 rings (SSSR count). The number of nitrogens with one attached hydrogen (secondary N) is 1. The third kappa shape index (κ3) is 2.12. The SMILES string of the molecule is O=C(c1ncc(-c2ccncc2)o1)N1CCC2CNCC21. The highest BCUT2D eigenvalue weighted by molar-refractivity contribution is 5.90. The van der Waals surface area contributed by atoms with Crippen LogP contribution in [0.1, 0.15) is 17.1 Å². The lowest BCUT2D eigenvalue weighted by molar-refractivity contribution is 0.0697. The van der Waals surface area contributed by atoms with Crippen LogP contribution in [0.5, 0.6) is 0 Å². The number of hydrogen-bond donors (Lipinski definition) is 1. The van der Waals surface area contributed by atoms with E-state index in [1.54, 1.807) is 18.6 Å². The molecule has 1 amide bonds. The van der Waals surface area contributed by atoms with E-state index in [4.69, 9.17) is 4.42 Å². The maximum absolute atomic E-state index is 12.6. The van der Waals surface area contributed by atoms with Crippen LogP contribution in [-0.2, 0) is 0 Å². The van der Waals surface area contributed by atoms with Crippen LogP contribution in [0.3, 0.4) is 0 Å². The fraction of sp³-hybridized carbons (Fsp3) is 0.400. The van der Waals surface area contributed by atoms with Gasteiger partial charge in [-0.1, -0.05) is 0 Å². The smallest absolute Gasteiger partial charge is 0.310 e. The first kappa shape index (κ1) is 12.5. The summed E-state index contributed by atoms with van der Waals surface area (Å²) >= 11 is 0. The summed E-state index contributed by atoms with van der Waals surface area (Å²) in [6, 6.07) is 3.96. The van der Waals surface area contributed by atoms with Crippen molar-refractivity contribution in [1.29, 1.82) is 0 Å². The van der Waals surface area contributed by atoms with Crippen molar-refractivity contribution in [2.45, 2.75) is 12.5 Å². The number of oxazole rings is 1. The van der Waals surface area contributed by atoms with E-state index in [0.29, 0.717) is 11.7 Å². The van der Waals surface area contributed by atoms with E-state index in [1.807, 2.05) is 17.0 Å². The van der Waals surface area contributed by atoms with Crippen LogP contribution >= 0.6 is 0 Å². The lowest BCUT2D eigenvalue weighted by Crippen LogP contribution is -2.39. The Hall–Kier alpha value is -2.21. The fourth-order valence-electron chi connectivity index (χ4n) is 3.25. The van der Waals surface area contributed by atoms with Crippen molar-refractivity contribution in [2.24, 2.45) is 5.92 Å². The van der Waals surface area contributed by atoms with E-state index in [0.717, 1.165) is 31.6 Å². The van der Waals surface area contributed by atoms with Crippen molar-refractivity contribution in [3.63, 3.8) is 0 Å². The van der Waals surface area contributed by atoms with E-state index in [-0.39, 0.29) is 17.8 Å². The number of likely N-dealkylation sites (tertiary alicyclic amines) is 1. The molecule has 6 heteroatoms. The Morgan fingerprint density at radius 2 is 2.19 bits per heavy atom. The third-order valence-electron chi connectivity index (χ3n) is 4.36. The van der Waals surface area contributed by atoms with E-state index in [2.05, 4.69) is 15.3 Å². The van der Waals surface area contributed by atoms with Gasteiger partial charge in [-0.05, 0) is 24.5 Å². The molecule has 2 aliphatic rings. The second-order valence-electron chi connectivity index (χ2n) is 5.54. The molecule has 0 saturated carbocycles. The molecule has 2 atom stereocenters. The molecule has 0 bridgehead atoms. The molecule has 0 spiro atoms. The normalized spacial score (nSPS) is 24.3. The second-order valence-corrected chi connectivity index (χ2v) is 5.54. The van der Waals surface area contributed by atoms with Gasteiger partial charge in [0.2, 0.25) is 0 Å². The van der Waals surface area contributed by atoms with E-state index in [1.165, 1.54) is 0 Å². The highest BCUT2D eigenvalue weighted by Gasteiger charge is 2.41. The zero-order chi connectivity index (χ0) is 14.2. The maximum Gasteiger partial charge on any atom is 0.310 e. The van der Waals surface area contributed by atoms with Gasteiger partial charge in [-0.25, -0.2) is 4.98 Å². The lowest BCUT2D eigenvalue weighted by atomic mass is 10.1. The highest BCUT2D eigenvalue weighted by atomic mass is 16.4. The average Bonchev–Trinajstić information content (AvgIpc) is 3.23. The van der Waals surface area contributed by atoms with Gasteiger partial charge in [-0.2, -0.15) is 0 Å². The van der Waals surface area contributed by atoms with Crippen molar-refractivity contribution < 1.29 is 9.21 Å². The Kier molecular flexibility index (Phi) is 2.96. The number of pyridine rings is 1. The molecule has 1 N–H and O–H groups in total. The van der Waals surface area contributed by atoms with Gasteiger partial charge < -0.3 is 14.6 Å². The molecular formula is C15H16N4O2. The third-order valence-corrected chi connectivity index (χ3v) is 4.36. The van der Waals surface area contributed by atoms with Gasteiger partial charge >= 0.3 is 5.91 Å². The topological polar surface area (TPSA) is 71.3 Å². The minimum Gasteiger partial charge on any atom is -0.432 e. The van der Waals surface area contributed by atoms with Crippen LogP contribution in [0.15, 0.2) is 35.1 Å². The van der Waals surface area contributed by atoms with Crippen LogP contribution in [0.2, 0.25) is 0 Å². The first-order valence-corrected chi connectivity index (χ1v) is 7.21. The average molecular weight is 284 g/mol. The zero-order valence-corrected chi connectivity index (χ0v) is 11.5. The van der Waals surface area contributed by atoms with E-state index < -0.39 is 0 Å². The molecule has 2 aromatic heterocycles. The number of rotatable bonds is 2. The molecule has 2 aromatic rings. The Bertz CT molecular complexity index is 655. The molecule has 2 aliphatic heterocycles. The summed E-state index contributed by atoms with van der Waals surface area (Å²) in [5.74, 6) is 1.24. The molecule has 0 aromatic carbocycles. The van der Waals surface area contributed by atoms with Gasteiger partial charge in [0.05, 0.1) is 6.20 Å². The summed E-state index contributed by atoms with van der Waals surface area (Å²) in [6.07, 6.45) is 6.04. The zero-order valence-electron chi connectivity index (χ0n) is 11.5. The van der Waals surface area contributed by atoms with E-state index >= 15 is 0 Å². The van der Waals surface area contributed by atoms with Crippen molar-refractivity contribution >= 4 is 5.91 Å². The van der Waals surface area contributed by atoms with Crippen molar-refractivity contribution in [3.05, 3.63) is 36.6 Å². The Morgan fingerprint density at radius 3 is 3.05 bits per heavy atom. The summed E-state index contributed by atoms with van der Waals surface area (Å²) in [5.41, 5.74) is 0.874. The van der Waals surface area contributed by atoms with Gasteiger partial charge in [-0.15, -0.1) is 0 Å². The van der Waals surface area contributed by atoms with Crippen LogP contribution in [0.25, 0.3) is 11.3 Å². The molecular weight excluding hydrogens is 268 g/mol. The largest absolute Gasteiger partial charge is 0.432 e. The molecule has 4 heterocycles. The van der Waals surface area contributed by atoms with Gasteiger partial charge in [0.1, 0.15) is 0 Å². The standard InChI is InChI=1S/C15H16N4O2/c20-15(19-6-3-11-7-17-8-12(11)19)14-18-9-13(21-14)10-1-4-16-5-2-10/h1-2,4-5,9,11-12,17H,3,6-8H2. The Morgan fingerprint density at radius 1 is 1.33 bits per heavy atom. The number of aromatic nitrogens is 2. The Labute approximate surface area is 122 Å². The van der Waals surface area contributed by atoms with Crippen LogP contribution in [0.4, 0.5) is 0 Å². The van der Waals surface area contributed by atoms with Gasteiger partial charge in [0, 0.05) is 43.6 Å². The molecule has 21 heavy (non-hydrogen) atoms. The summed E-state index contributed by atoms with van der Waals surface area (Å²) < 4.78 is 5.64. The summed E-state index contributed by atoms with van der Waals surface area (Å²) in [4.78, 5) is 22.6. The second kappa shape index (κ2) is 4.96. The number of fused-ring (bicyclic) bond motifs is 1. The predicted octanol–water partition coefficient (Wildman–Crippen LogP) is 1.17. The van der Waals surface area contributed by atoms with Gasteiger partial charge in [-0.3, -0.25) is 9.78 Å². The molecule has 2 unspecified atom stereocenters. The summed E-state index contributed by atoms with van der Waals surface area (Å²) in [7, 11) is 0. The molecule has 0 radical (unpaired) electrons. The minimum atomic E-state index is -0.105. The molecule has 108 valence electrons. The predicted molar refractivity (Wildman–Crippen MR) is 75.5 cm³/mol. The molecule has 2 saturated heterocycles. The number of hydrogen-bond acceptors (Lipinski definition) is 5. The van der Waals surface area contributed by atoms with Crippen molar-refractivity contribution in [1.82, 2.24) is 20.2 Å². The number of carbonyl (C=O) groups excluding carboxylic acids is 1. The quantitative estimate of drug-likeness (QED) is 0.896. The van der Waals surface area contributed by atoms with Gasteiger partial charge in [0.15, 0.2) is 5.76 Å². The molecule has 6 nitrogen and oxygen atoms in total. The van der Waals surface area contributed by atoms with Gasteiger partial charge in [0.25, 0.3) is 5.89 Å². The lowest BCUT2D eigenvalue weighted by Gasteiger charge is -2.21. The van der Waals surface area contributed by atoms with Crippen LogP contribution in [-0.4, -0.2) is 46.5 Å².